The zero-order chi connectivity index (χ0) is 13.9. The van der Waals surface area contributed by atoms with Gasteiger partial charge in [-0.3, -0.25) is 4.79 Å². The molecule has 3 heterocycles. The predicted octanol–water partition coefficient (Wildman–Crippen LogP) is -0.233. The molecule has 20 heavy (non-hydrogen) atoms. The van der Waals surface area contributed by atoms with Crippen molar-refractivity contribution in [3.05, 3.63) is 12.4 Å². The number of ether oxygens (including phenoxy) is 1. The second kappa shape index (κ2) is 5.62. The van der Waals surface area contributed by atoms with Crippen LogP contribution >= 0.6 is 0 Å². The Labute approximate surface area is 117 Å². The van der Waals surface area contributed by atoms with Crippen LogP contribution in [0.25, 0.3) is 0 Å². The van der Waals surface area contributed by atoms with E-state index in [-0.39, 0.29) is 11.9 Å². The normalized spacial score (nSPS) is 23.1. The number of morpholine rings is 1. The Bertz CT molecular complexity index is 489. The highest BCUT2D eigenvalue weighted by atomic mass is 16.5. The van der Waals surface area contributed by atoms with Crippen LogP contribution in [0.2, 0.25) is 0 Å². The van der Waals surface area contributed by atoms with E-state index in [1.165, 1.54) is 0 Å². The molecule has 2 aliphatic rings. The number of rotatable bonds is 3. The first-order valence-corrected chi connectivity index (χ1v) is 6.96. The molecule has 0 spiro atoms. The number of nitrogens with two attached hydrogens (primary N) is 1. The van der Waals surface area contributed by atoms with Crippen molar-refractivity contribution in [3.8, 4) is 0 Å². The lowest BCUT2D eigenvalue weighted by molar-refractivity contribution is -0.119. The molecular weight excluding hydrogens is 258 g/mol. The van der Waals surface area contributed by atoms with Crippen molar-refractivity contribution in [2.45, 2.75) is 18.9 Å². The van der Waals surface area contributed by atoms with E-state index in [0.29, 0.717) is 13.2 Å². The number of aromatic nitrogens is 2. The third-order valence-corrected chi connectivity index (χ3v) is 3.85. The molecule has 2 saturated heterocycles. The summed E-state index contributed by atoms with van der Waals surface area (Å²) in [5, 5.41) is 0. The maximum absolute atomic E-state index is 11.5. The van der Waals surface area contributed by atoms with Crippen molar-refractivity contribution < 1.29 is 9.53 Å². The number of carbonyl (C=O) groups is 1. The molecule has 7 nitrogen and oxygen atoms in total. The molecule has 0 aliphatic carbocycles. The minimum absolute atomic E-state index is 0.248. The molecule has 0 aromatic carbocycles. The molecular formula is C13H19N5O2. The summed E-state index contributed by atoms with van der Waals surface area (Å²) in [6, 6.07) is 1.69. The van der Waals surface area contributed by atoms with Gasteiger partial charge >= 0.3 is 0 Å². The maximum atomic E-state index is 11.5. The average molecular weight is 277 g/mol. The van der Waals surface area contributed by atoms with E-state index in [9.17, 15) is 4.79 Å². The Morgan fingerprint density at radius 3 is 2.75 bits per heavy atom. The molecule has 108 valence electrons. The van der Waals surface area contributed by atoms with Crippen LogP contribution in [0.3, 0.4) is 0 Å². The second-order valence-electron chi connectivity index (χ2n) is 5.09. The number of hydrogen-bond donors (Lipinski definition) is 1. The van der Waals surface area contributed by atoms with Gasteiger partial charge in [0.1, 0.15) is 24.0 Å². The van der Waals surface area contributed by atoms with Crippen molar-refractivity contribution in [2.75, 3.05) is 42.6 Å². The summed E-state index contributed by atoms with van der Waals surface area (Å²) in [6.45, 7) is 3.90. The monoisotopic (exact) mass is 277 g/mol. The van der Waals surface area contributed by atoms with E-state index >= 15 is 0 Å². The fraction of sp³-hybridized carbons (Fsp3) is 0.615. The highest BCUT2D eigenvalue weighted by Crippen LogP contribution is 2.26. The fourth-order valence-electron chi connectivity index (χ4n) is 2.80. The molecule has 1 atom stereocenters. The lowest BCUT2D eigenvalue weighted by Crippen LogP contribution is -2.41. The van der Waals surface area contributed by atoms with Gasteiger partial charge in [-0.2, -0.15) is 0 Å². The molecule has 0 saturated carbocycles. The average Bonchev–Trinajstić information content (AvgIpc) is 2.98. The molecule has 2 aliphatic heterocycles. The first-order valence-electron chi connectivity index (χ1n) is 6.96. The molecule has 2 fully saturated rings. The summed E-state index contributed by atoms with van der Waals surface area (Å²) >= 11 is 0. The first-order chi connectivity index (χ1) is 9.75. The van der Waals surface area contributed by atoms with Crippen LogP contribution in [-0.4, -0.2) is 54.8 Å². The van der Waals surface area contributed by atoms with E-state index in [0.717, 1.165) is 44.1 Å². The van der Waals surface area contributed by atoms with Crippen molar-refractivity contribution >= 4 is 17.5 Å². The van der Waals surface area contributed by atoms with Gasteiger partial charge in [0.25, 0.3) is 0 Å². The zero-order valence-electron chi connectivity index (χ0n) is 11.4. The van der Waals surface area contributed by atoms with Gasteiger partial charge in [0, 0.05) is 25.7 Å². The van der Waals surface area contributed by atoms with Gasteiger partial charge in [-0.05, 0) is 12.8 Å². The Morgan fingerprint density at radius 1 is 1.25 bits per heavy atom. The van der Waals surface area contributed by atoms with Crippen LogP contribution in [0.15, 0.2) is 12.4 Å². The molecule has 1 aromatic rings. The Hall–Kier alpha value is -1.89. The lowest BCUT2D eigenvalue weighted by atomic mass is 10.2. The summed E-state index contributed by atoms with van der Waals surface area (Å²) in [6.07, 6.45) is 3.31. The topological polar surface area (TPSA) is 84.6 Å². The van der Waals surface area contributed by atoms with Crippen LogP contribution in [0.1, 0.15) is 12.8 Å². The molecule has 7 heteroatoms. The van der Waals surface area contributed by atoms with Crippen molar-refractivity contribution in [1.82, 2.24) is 9.97 Å². The second-order valence-corrected chi connectivity index (χ2v) is 5.09. The summed E-state index contributed by atoms with van der Waals surface area (Å²) in [4.78, 5) is 24.3. The minimum Gasteiger partial charge on any atom is -0.378 e. The van der Waals surface area contributed by atoms with Crippen LogP contribution < -0.4 is 15.5 Å². The van der Waals surface area contributed by atoms with Crippen LogP contribution in [-0.2, 0) is 9.53 Å². The Morgan fingerprint density at radius 2 is 2.00 bits per heavy atom. The van der Waals surface area contributed by atoms with Gasteiger partial charge in [-0.15, -0.1) is 0 Å². The first kappa shape index (κ1) is 13.1. The fourth-order valence-corrected chi connectivity index (χ4v) is 2.80. The number of nitrogens with zero attached hydrogens (tertiary/aromatic N) is 4. The number of hydrogen-bond acceptors (Lipinski definition) is 6. The predicted molar refractivity (Wildman–Crippen MR) is 74.6 cm³/mol. The molecule has 0 bridgehead atoms. The zero-order valence-corrected chi connectivity index (χ0v) is 11.4. The summed E-state index contributed by atoms with van der Waals surface area (Å²) in [7, 11) is 0. The number of carbonyl (C=O) groups excluding carboxylic acids is 1. The van der Waals surface area contributed by atoms with Gasteiger partial charge in [-0.25, -0.2) is 9.97 Å². The van der Waals surface area contributed by atoms with Crippen molar-refractivity contribution in [1.29, 1.82) is 0 Å². The van der Waals surface area contributed by atoms with Crippen molar-refractivity contribution in [2.24, 2.45) is 5.73 Å². The molecule has 2 N–H and O–H groups in total. The lowest BCUT2D eigenvalue weighted by Gasteiger charge is -2.29. The number of anilines is 2. The van der Waals surface area contributed by atoms with E-state index in [1.807, 2.05) is 11.0 Å². The summed E-state index contributed by atoms with van der Waals surface area (Å²) in [5.41, 5.74) is 5.46. The largest absolute Gasteiger partial charge is 0.378 e. The van der Waals surface area contributed by atoms with E-state index in [2.05, 4.69) is 14.9 Å². The standard InChI is InChI=1S/C13H19N5O2/c14-13(19)10-2-1-3-18(10)12-8-11(15-9-16-12)17-4-6-20-7-5-17/h8-10H,1-7H2,(H2,14,19)/t10-/m0/s1. The molecule has 3 rings (SSSR count). The SMILES string of the molecule is NC(=O)[C@@H]1CCCN1c1cc(N2CCOCC2)ncn1. The summed E-state index contributed by atoms with van der Waals surface area (Å²) < 4.78 is 5.34. The number of primary amides is 1. The third-order valence-electron chi connectivity index (χ3n) is 3.85. The van der Waals surface area contributed by atoms with Gasteiger partial charge in [0.2, 0.25) is 5.91 Å². The van der Waals surface area contributed by atoms with Crippen LogP contribution in [0.4, 0.5) is 11.6 Å². The highest BCUT2D eigenvalue weighted by molar-refractivity contribution is 5.84. The van der Waals surface area contributed by atoms with E-state index < -0.39 is 0 Å². The van der Waals surface area contributed by atoms with Gasteiger partial charge in [-0.1, -0.05) is 0 Å². The van der Waals surface area contributed by atoms with Gasteiger partial charge in [0.15, 0.2) is 0 Å². The number of amides is 1. The van der Waals surface area contributed by atoms with Gasteiger partial charge in [0.05, 0.1) is 13.2 Å². The third kappa shape index (κ3) is 2.53. The molecule has 1 aromatic heterocycles. The summed E-state index contributed by atoms with van der Waals surface area (Å²) in [5.74, 6) is 1.38. The molecule has 0 unspecified atom stereocenters. The highest BCUT2D eigenvalue weighted by Gasteiger charge is 2.30. The maximum Gasteiger partial charge on any atom is 0.240 e. The molecule has 1 amide bonds. The Kier molecular flexibility index (Phi) is 3.68. The minimum atomic E-state index is -0.283. The van der Waals surface area contributed by atoms with Crippen LogP contribution in [0, 0.1) is 0 Å². The van der Waals surface area contributed by atoms with Crippen LogP contribution in [0.5, 0.6) is 0 Å². The Balaban J connectivity index is 1.81. The van der Waals surface area contributed by atoms with Crippen molar-refractivity contribution in [3.63, 3.8) is 0 Å². The van der Waals surface area contributed by atoms with Gasteiger partial charge < -0.3 is 20.3 Å². The smallest absolute Gasteiger partial charge is 0.240 e. The van der Waals surface area contributed by atoms with E-state index in [4.69, 9.17) is 10.5 Å². The quantitative estimate of drug-likeness (QED) is 0.821. The molecule has 0 radical (unpaired) electrons. The van der Waals surface area contributed by atoms with E-state index in [1.54, 1.807) is 6.33 Å².